The highest BCUT2D eigenvalue weighted by molar-refractivity contribution is 6.01. The summed E-state index contributed by atoms with van der Waals surface area (Å²) in [5.41, 5.74) is 20.7. The van der Waals surface area contributed by atoms with Crippen LogP contribution in [-0.4, -0.2) is 47.3 Å². The van der Waals surface area contributed by atoms with E-state index in [-0.39, 0.29) is 25.3 Å². The maximum atomic E-state index is 13.5. The number of hydrogen-bond donors (Lipinski definition) is 6. The highest BCUT2D eigenvalue weighted by atomic mass is 16.2. The van der Waals surface area contributed by atoms with E-state index in [0.717, 1.165) is 27.6 Å². The molecule has 42 heavy (non-hydrogen) atoms. The van der Waals surface area contributed by atoms with Gasteiger partial charge in [0.1, 0.15) is 12.1 Å². The number of H-pyrrole nitrogens is 1. The summed E-state index contributed by atoms with van der Waals surface area (Å²) in [6.45, 7) is 0.270. The van der Waals surface area contributed by atoms with Gasteiger partial charge in [-0.3, -0.25) is 19.4 Å². The quantitative estimate of drug-likeness (QED) is 0.0629. The lowest BCUT2D eigenvalue weighted by molar-refractivity contribution is -0.130. The Labute approximate surface area is 244 Å². The first-order valence-electron chi connectivity index (χ1n) is 13.6. The number of nitrogens with two attached hydrogens (primary N) is 3. The molecule has 0 aliphatic rings. The minimum atomic E-state index is -0.992. The van der Waals surface area contributed by atoms with E-state index in [1.165, 1.54) is 6.08 Å². The molecule has 9 N–H and O–H groups in total. The van der Waals surface area contributed by atoms with E-state index in [2.05, 4.69) is 20.6 Å². The van der Waals surface area contributed by atoms with E-state index < -0.39 is 29.8 Å². The molecule has 0 aliphatic heterocycles. The topological polar surface area (TPSA) is 181 Å². The maximum absolute atomic E-state index is 13.5. The molecule has 0 bridgehead atoms. The van der Waals surface area contributed by atoms with Crippen LogP contribution in [0.5, 0.6) is 0 Å². The van der Waals surface area contributed by atoms with Gasteiger partial charge in [-0.25, -0.2) is 0 Å². The SMILES string of the molecule is NC(=O)[C@H](Cc1c[nH]c2ccccc12)NC(=O)[C@@H](CCCN=C(N)N)NC(=O)C=C(c1ccccc1)c1ccccc1. The van der Waals surface area contributed by atoms with Crippen LogP contribution in [0.1, 0.15) is 29.5 Å². The summed E-state index contributed by atoms with van der Waals surface area (Å²) in [4.78, 5) is 46.4. The zero-order valence-electron chi connectivity index (χ0n) is 23.1. The Morgan fingerprint density at radius 2 is 1.43 bits per heavy atom. The van der Waals surface area contributed by atoms with Gasteiger partial charge < -0.3 is 32.8 Å². The van der Waals surface area contributed by atoms with Crippen molar-refractivity contribution < 1.29 is 14.4 Å². The normalized spacial score (nSPS) is 12.1. The van der Waals surface area contributed by atoms with Crippen LogP contribution in [0.2, 0.25) is 0 Å². The molecule has 0 saturated heterocycles. The highest BCUT2D eigenvalue weighted by Gasteiger charge is 2.26. The fourth-order valence-corrected chi connectivity index (χ4v) is 4.70. The van der Waals surface area contributed by atoms with Crippen molar-refractivity contribution in [1.82, 2.24) is 15.6 Å². The van der Waals surface area contributed by atoms with E-state index in [4.69, 9.17) is 17.2 Å². The van der Waals surface area contributed by atoms with Gasteiger partial charge in [0.15, 0.2) is 5.96 Å². The number of guanidine groups is 1. The largest absolute Gasteiger partial charge is 0.370 e. The van der Waals surface area contributed by atoms with Crippen LogP contribution >= 0.6 is 0 Å². The van der Waals surface area contributed by atoms with Gasteiger partial charge in [-0.2, -0.15) is 0 Å². The molecule has 0 unspecified atom stereocenters. The predicted octanol–water partition coefficient (Wildman–Crippen LogP) is 2.35. The summed E-state index contributed by atoms with van der Waals surface area (Å²) < 4.78 is 0. The second kappa shape index (κ2) is 14.3. The molecule has 0 radical (unpaired) electrons. The molecule has 0 fully saturated rings. The van der Waals surface area contributed by atoms with Crippen molar-refractivity contribution in [1.29, 1.82) is 0 Å². The summed E-state index contributed by atoms with van der Waals surface area (Å²) in [5.74, 6) is -1.75. The van der Waals surface area contributed by atoms with Crippen LogP contribution < -0.4 is 27.8 Å². The molecule has 216 valence electrons. The summed E-state index contributed by atoms with van der Waals surface area (Å²) >= 11 is 0. The highest BCUT2D eigenvalue weighted by Crippen LogP contribution is 2.23. The molecule has 4 aromatic rings. The number of nitrogens with zero attached hydrogens (tertiary/aromatic N) is 1. The van der Waals surface area contributed by atoms with E-state index in [9.17, 15) is 14.4 Å². The van der Waals surface area contributed by atoms with E-state index in [0.29, 0.717) is 12.0 Å². The Hall–Kier alpha value is -5.38. The number of carbonyl (C=O) groups is 3. The lowest BCUT2D eigenvalue weighted by Crippen LogP contribution is -2.53. The molecule has 0 saturated carbocycles. The number of amides is 3. The second-order valence-corrected chi connectivity index (χ2v) is 9.83. The van der Waals surface area contributed by atoms with Gasteiger partial charge in [0.05, 0.1) is 0 Å². The van der Waals surface area contributed by atoms with Crippen molar-refractivity contribution in [3.05, 3.63) is 114 Å². The van der Waals surface area contributed by atoms with Gasteiger partial charge in [0, 0.05) is 36.1 Å². The average Bonchev–Trinajstić information content (AvgIpc) is 3.40. The average molecular weight is 566 g/mol. The summed E-state index contributed by atoms with van der Waals surface area (Å²) in [5, 5.41) is 6.48. The maximum Gasteiger partial charge on any atom is 0.245 e. The molecule has 1 aromatic heterocycles. The fraction of sp³-hybridized carbons (Fsp3) is 0.188. The number of aromatic nitrogens is 1. The first kappa shape index (κ1) is 29.6. The Morgan fingerprint density at radius 3 is 2.05 bits per heavy atom. The number of carbonyl (C=O) groups excluding carboxylic acids is 3. The van der Waals surface area contributed by atoms with Crippen molar-refractivity contribution in [3.63, 3.8) is 0 Å². The summed E-state index contributed by atoms with van der Waals surface area (Å²) in [6, 6.07) is 24.7. The molecule has 3 amide bonds. The second-order valence-electron chi connectivity index (χ2n) is 9.83. The standard InChI is InChI=1S/C32H35N7O3/c33-30(41)28(18-23-20-37-26-15-8-7-14-24(23)26)39-31(42)27(16-9-17-36-32(34)35)38-29(40)19-25(21-10-3-1-4-11-21)22-12-5-2-6-13-22/h1-8,10-15,19-20,27-28,37H,9,16-18H2,(H2,33,41)(H,38,40)(H,39,42)(H4,34,35,36)/t27-,28+/m1/s1. The van der Waals surface area contributed by atoms with Crippen molar-refractivity contribution in [2.75, 3.05) is 6.54 Å². The van der Waals surface area contributed by atoms with Gasteiger partial charge in [-0.05, 0) is 41.2 Å². The molecule has 2 atom stereocenters. The molecule has 10 heteroatoms. The van der Waals surface area contributed by atoms with Gasteiger partial charge in [-0.1, -0.05) is 78.9 Å². The Balaban J connectivity index is 1.55. The first-order chi connectivity index (χ1) is 20.3. The number of fused-ring (bicyclic) bond motifs is 1. The molecule has 0 spiro atoms. The Kier molecular flexibility index (Phi) is 10.1. The number of primary amides is 1. The fourth-order valence-electron chi connectivity index (χ4n) is 4.70. The summed E-state index contributed by atoms with van der Waals surface area (Å²) in [6.07, 6.45) is 4.09. The molecular weight excluding hydrogens is 530 g/mol. The third kappa shape index (κ3) is 8.07. The van der Waals surface area contributed by atoms with Crippen molar-refractivity contribution in [2.24, 2.45) is 22.2 Å². The number of nitrogens with one attached hydrogen (secondary N) is 3. The minimum Gasteiger partial charge on any atom is -0.370 e. The van der Waals surface area contributed by atoms with Gasteiger partial charge in [-0.15, -0.1) is 0 Å². The lowest BCUT2D eigenvalue weighted by Gasteiger charge is -2.22. The van der Waals surface area contributed by atoms with E-state index in [1.54, 1.807) is 6.20 Å². The zero-order chi connectivity index (χ0) is 29.9. The minimum absolute atomic E-state index is 0.0640. The Morgan fingerprint density at radius 1 is 0.810 bits per heavy atom. The van der Waals surface area contributed by atoms with E-state index >= 15 is 0 Å². The van der Waals surface area contributed by atoms with Crippen molar-refractivity contribution in [3.8, 4) is 0 Å². The molecule has 0 aliphatic carbocycles. The Bertz CT molecular complexity index is 1530. The summed E-state index contributed by atoms with van der Waals surface area (Å²) in [7, 11) is 0. The van der Waals surface area contributed by atoms with Gasteiger partial charge >= 0.3 is 0 Å². The van der Waals surface area contributed by atoms with Gasteiger partial charge in [0.2, 0.25) is 17.7 Å². The molecular formula is C32H35N7O3. The van der Waals surface area contributed by atoms with Crippen LogP contribution in [0.15, 0.2) is 102 Å². The molecule has 10 nitrogen and oxygen atoms in total. The van der Waals surface area contributed by atoms with Crippen LogP contribution in [0.3, 0.4) is 0 Å². The zero-order valence-corrected chi connectivity index (χ0v) is 23.1. The number of rotatable bonds is 13. The van der Waals surface area contributed by atoms with Crippen LogP contribution in [-0.2, 0) is 20.8 Å². The van der Waals surface area contributed by atoms with Crippen molar-refractivity contribution in [2.45, 2.75) is 31.3 Å². The van der Waals surface area contributed by atoms with Crippen molar-refractivity contribution >= 4 is 40.2 Å². The molecule has 1 heterocycles. The molecule has 3 aromatic carbocycles. The van der Waals surface area contributed by atoms with Crippen LogP contribution in [0, 0.1) is 0 Å². The first-order valence-corrected chi connectivity index (χ1v) is 13.6. The van der Waals surface area contributed by atoms with E-state index in [1.807, 2.05) is 84.9 Å². The number of benzene rings is 3. The lowest BCUT2D eigenvalue weighted by atomic mass is 9.97. The molecule has 4 rings (SSSR count). The third-order valence-electron chi connectivity index (χ3n) is 6.78. The number of aliphatic imine (C=N–C) groups is 1. The monoisotopic (exact) mass is 565 g/mol. The predicted molar refractivity (Wildman–Crippen MR) is 165 cm³/mol. The smallest absolute Gasteiger partial charge is 0.245 e. The number of aromatic amines is 1. The van der Waals surface area contributed by atoms with Crippen LogP contribution in [0.25, 0.3) is 16.5 Å². The number of para-hydroxylation sites is 1. The number of hydrogen-bond acceptors (Lipinski definition) is 4. The van der Waals surface area contributed by atoms with Gasteiger partial charge in [0.25, 0.3) is 0 Å². The van der Waals surface area contributed by atoms with Crippen LogP contribution in [0.4, 0.5) is 0 Å². The third-order valence-corrected chi connectivity index (χ3v) is 6.78.